The van der Waals surface area contributed by atoms with Gasteiger partial charge in [-0.25, -0.2) is 4.39 Å². The molecule has 0 aliphatic heterocycles. The molecule has 0 aromatic heterocycles. The van der Waals surface area contributed by atoms with Gasteiger partial charge in [0.15, 0.2) is 6.10 Å². The van der Waals surface area contributed by atoms with Crippen molar-refractivity contribution in [2.75, 3.05) is 5.32 Å². The van der Waals surface area contributed by atoms with Gasteiger partial charge in [0.05, 0.1) is 11.3 Å². The number of benzene rings is 3. The van der Waals surface area contributed by atoms with E-state index in [9.17, 15) is 14.0 Å². The van der Waals surface area contributed by atoms with Gasteiger partial charge in [-0.2, -0.15) is 0 Å². The van der Waals surface area contributed by atoms with Crippen LogP contribution in [0, 0.1) is 5.82 Å². The molecular formula is C23H21FN2O3. The smallest absolute Gasteiger partial charge is 0.265 e. The van der Waals surface area contributed by atoms with Gasteiger partial charge in [0.1, 0.15) is 11.6 Å². The third-order valence-corrected chi connectivity index (χ3v) is 4.23. The quantitative estimate of drug-likeness (QED) is 0.634. The van der Waals surface area contributed by atoms with Gasteiger partial charge in [-0.05, 0) is 36.8 Å². The molecule has 6 heteroatoms. The lowest BCUT2D eigenvalue weighted by atomic mass is 10.1. The number of halogens is 1. The molecule has 0 spiro atoms. The number of carbonyl (C=O) groups excluding carboxylic acids is 2. The van der Waals surface area contributed by atoms with Crippen LogP contribution in [0.5, 0.6) is 5.75 Å². The normalized spacial score (nSPS) is 11.4. The molecule has 3 aromatic rings. The van der Waals surface area contributed by atoms with Crippen molar-refractivity contribution in [3.8, 4) is 5.75 Å². The summed E-state index contributed by atoms with van der Waals surface area (Å²) in [5.74, 6) is -1.09. The van der Waals surface area contributed by atoms with Crippen molar-refractivity contribution in [1.29, 1.82) is 0 Å². The third kappa shape index (κ3) is 5.42. The molecule has 148 valence electrons. The Morgan fingerprint density at radius 1 is 0.931 bits per heavy atom. The molecule has 0 aliphatic carbocycles. The lowest BCUT2D eigenvalue weighted by Crippen LogP contribution is -2.31. The summed E-state index contributed by atoms with van der Waals surface area (Å²) in [6.07, 6.45) is -0.933. The Balaban J connectivity index is 1.65. The number of hydrogen-bond acceptors (Lipinski definition) is 3. The van der Waals surface area contributed by atoms with E-state index in [1.54, 1.807) is 30.3 Å². The summed E-state index contributed by atoms with van der Waals surface area (Å²) in [7, 11) is 0. The Labute approximate surface area is 168 Å². The van der Waals surface area contributed by atoms with E-state index < -0.39 is 17.8 Å². The number of nitrogens with one attached hydrogen (secondary N) is 2. The molecule has 0 fully saturated rings. The van der Waals surface area contributed by atoms with Crippen molar-refractivity contribution in [3.63, 3.8) is 0 Å². The first-order chi connectivity index (χ1) is 14.0. The van der Waals surface area contributed by atoms with Gasteiger partial charge in [-0.15, -0.1) is 0 Å². The molecule has 0 bridgehead atoms. The molecule has 0 heterocycles. The summed E-state index contributed by atoms with van der Waals surface area (Å²) in [5.41, 5.74) is 1.35. The zero-order valence-corrected chi connectivity index (χ0v) is 15.9. The molecule has 5 nitrogen and oxygen atoms in total. The Kier molecular flexibility index (Phi) is 6.58. The molecule has 2 amide bonds. The second kappa shape index (κ2) is 9.50. The van der Waals surface area contributed by atoms with Gasteiger partial charge in [-0.1, -0.05) is 54.6 Å². The van der Waals surface area contributed by atoms with Crippen LogP contribution in [0.15, 0.2) is 78.9 Å². The lowest BCUT2D eigenvalue weighted by molar-refractivity contribution is -0.122. The second-order valence-electron chi connectivity index (χ2n) is 6.39. The monoisotopic (exact) mass is 392 g/mol. The largest absolute Gasteiger partial charge is 0.480 e. The van der Waals surface area contributed by atoms with Crippen molar-refractivity contribution in [1.82, 2.24) is 5.32 Å². The summed E-state index contributed by atoms with van der Waals surface area (Å²) in [5, 5.41) is 5.32. The van der Waals surface area contributed by atoms with Gasteiger partial charge < -0.3 is 15.4 Å². The van der Waals surface area contributed by atoms with E-state index in [-0.39, 0.29) is 17.3 Å². The molecule has 0 saturated heterocycles. The first-order valence-electron chi connectivity index (χ1n) is 9.18. The summed E-state index contributed by atoms with van der Waals surface area (Å²) >= 11 is 0. The molecule has 1 atom stereocenters. The molecular weight excluding hydrogens is 371 g/mol. The zero-order chi connectivity index (χ0) is 20.6. The highest BCUT2D eigenvalue weighted by Crippen LogP contribution is 2.20. The fourth-order valence-corrected chi connectivity index (χ4v) is 2.67. The third-order valence-electron chi connectivity index (χ3n) is 4.23. The van der Waals surface area contributed by atoms with Crippen LogP contribution in [0.4, 0.5) is 10.1 Å². The first kappa shape index (κ1) is 20.1. The van der Waals surface area contributed by atoms with E-state index in [0.29, 0.717) is 12.1 Å². The standard InChI is InChI=1S/C23H21FN2O3/c1-16(22(27)26-20-13-7-6-12-19(20)24)29-21-14-8-5-11-18(21)23(28)25-15-17-9-3-2-4-10-17/h2-14,16H,15H2,1H3,(H,25,28)(H,26,27)/t16-/m0/s1. The molecule has 0 unspecified atom stereocenters. The highest BCUT2D eigenvalue weighted by molar-refractivity contribution is 5.97. The average Bonchev–Trinajstić information content (AvgIpc) is 2.74. The van der Waals surface area contributed by atoms with Crippen LogP contribution in [0.2, 0.25) is 0 Å². The van der Waals surface area contributed by atoms with E-state index in [2.05, 4.69) is 10.6 Å². The molecule has 2 N–H and O–H groups in total. The van der Waals surface area contributed by atoms with Crippen LogP contribution >= 0.6 is 0 Å². The maximum absolute atomic E-state index is 13.7. The average molecular weight is 392 g/mol. The minimum atomic E-state index is -0.933. The van der Waals surface area contributed by atoms with Crippen molar-refractivity contribution in [2.45, 2.75) is 19.6 Å². The van der Waals surface area contributed by atoms with Gasteiger partial charge in [0.2, 0.25) is 0 Å². The number of amides is 2. The van der Waals surface area contributed by atoms with Crippen molar-refractivity contribution in [3.05, 3.63) is 95.8 Å². The minimum Gasteiger partial charge on any atom is -0.480 e. The van der Waals surface area contributed by atoms with Crippen LogP contribution in [-0.4, -0.2) is 17.9 Å². The lowest BCUT2D eigenvalue weighted by Gasteiger charge is -2.17. The van der Waals surface area contributed by atoms with Crippen LogP contribution in [0.3, 0.4) is 0 Å². The predicted molar refractivity (Wildman–Crippen MR) is 109 cm³/mol. The molecule has 0 saturated carbocycles. The van der Waals surface area contributed by atoms with E-state index in [1.165, 1.54) is 25.1 Å². The maximum Gasteiger partial charge on any atom is 0.265 e. The Morgan fingerprint density at radius 2 is 1.59 bits per heavy atom. The molecule has 0 radical (unpaired) electrons. The van der Waals surface area contributed by atoms with Gasteiger partial charge in [-0.3, -0.25) is 9.59 Å². The summed E-state index contributed by atoms with van der Waals surface area (Å²) in [4.78, 5) is 24.9. The van der Waals surface area contributed by atoms with Gasteiger partial charge in [0.25, 0.3) is 11.8 Å². The summed E-state index contributed by atoms with van der Waals surface area (Å²) in [6, 6.07) is 22.1. The highest BCUT2D eigenvalue weighted by Gasteiger charge is 2.19. The predicted octanol–water partition coefficient (Wildman–Crippen LogP) is 4.16. The van der Waals surface area contributed by atoms with Crippen LogP contribution in [-0.2, 0) is 11.3 Å². The molecule has 3 aromatic carbocycles. The van der Waals surface area contributed by atoms with Gasteiger partial charge in [0, 0.05) is 6.54 Å². The van der Waals surface area contributed by atoms with Crippen molar-refractivity contribution < 1.29 is 18.7 Å². The van der Waals surface area contributed by atoms with Crippen LogP contribution in [0.25, 0.3) is 0 Å². The topological polar surface area (TPSA) is 67.4 Å². The zero-order valence-electron chi connectivity index (χ0n) is 15.9. The van der Waals surface area contributed by atoms with Crippen LogP contribution < -0.4 is 15.4 Å². The Hall–Kier alpha value is -3.67. The summed E-state index contributed by atoms with van der Waals surface area (Å²) < 4.78 is 19.4. The minimum absolute atomic E-state index is 0.0711. The summed E-state index contributed by atoms with van der Waals surface area (Å²) in [6.45, 7) is 1.91. The number of para-hydroxylation sites is 2. The fourth-order valence-electron chi connectivity index (χ4n) is 2.67. The SMILES string of the molecule is C[C@H](Oc1ccccc1C(=O)NCc1ccccc1)C(=O)Nc1ccccc1F. The number of hydrogen-bond donors (Lipinski definition) is 2. The van der Waals surface area contributed by atoms with E-state index in [1.807, 2.05) is 30.3 Å². The van der Waals surface area contributed by atoms with E-state index in [4.69, 9.17) is 4.74 Å². The first-order valence-corrected chi connectivity index (χ1v) is 9.18. The maximum atomic E-state index is 13.7. The second-order valence-corrected chi connectivity index (χ2v) is 6.39. The fraction of sp³-hybridized carbons (Fsp3) is 0.130. The highest BCUT2D eigenvalue weighted by atomic mass is 19.1. The molecule has 29 heavy (non-hydrogen) atoms. The Morgan fingerprint density at radius 3 is 2.34 bits per heavy atom. The van der Waals surface area contributed by atoms with E-state index >= 15 is 0 Å². The number of ether oxygens (including phenoxy) is 1. The number of rotatable bonds is 7. The molecule has 3 rings (SSSR count). The number of carbonyl (C=O) groups is 2. The van der Waals surface area contributed by atoms with Gasteiger partial charge >= 0.3 is 0 Å². The molecule has 0 aliphatic rings. The van der Waals surface area contributed by atoms with Crippen molar-refractivity contribution in [2.24, 2.45) is 0 Å². The van der Waals surface area contributed by atoms with Crippen LogP contribution in [0.1, 0.15) is 22.8 Å². The number of anilines is 1. The van der Waals surface area contributed by atoms with Crippen molar-refractivity contribution >= 4 is 17.5 Å². The van der Waals surface area contributed by atoms with E-state index in [0.717, 1.165) is 5.56 Å². The Bertz CT molecular complexity index is 992.